The molecule has 0 fully saturated rings. The van der Waals surface area contributed by atoms with Gasteiger partial charge in [-0.15, -0.1) is 0 Å². The smallest absolute Gasteiger partial charge is 0.262 e. The van der Waals surface area contributed by atoms with Gasteiger partial charge in [0.15, 0.2) is 6.61 Å². The fourth-order valence-corrected chi connectivity index (χ4v) is 3.00. The molecule has 0 atom stereocenters. The van der Waals surface area contributed by atoms with Crippen LogP contribution in [0.5, 0.6) is 5.75 Å². The van der Waals surface area contributed by atoms with Crippen LogP contribution in [0, 0.1) is 6.92 Å². The summed E-state index contributed by atoms with van der Waals surface area (Å²) in [5.41, 5.74) is 7.98. The number of amides is 1. The molecule has 3 N–H and O–H groups in total. The Hall–Kier alpha value is -1.53. The number of nitrogen functional groups attached to an aromatic ring is 1. The van der Waals surface area contributed by atoms with E-state index in [4.69, 9.17) is 10.5 Å². The molecular formula is C15H14Br2N2O2. The zero-order chi connectivity index (χ0) is 15.4. The molecule has 6 heteroatoms. The molecule has 2 aromatic carbocycles. The highest BCUT2D eigenvalue weighted by molar-refractivity contribution is 9.11. The number of halogens is 2. The van der Waals surface area contributed by atoms with Crippen molar-refractivity contribution in [3.8, 4) is 5.75 Å². The maximum absolute atomic E-state index is 11.9. The van der Waals surface area contributed by atoms with E-state index in [9.17, 15) is 4.79 Å². The Kier molecular flexibility index (Phi) is 5.25. The molecule has 2 rings (SSSR count). The number of benzene rings is 2. The van der Waals surface area contributed by atoms with Gasteiger partial charge in [0.05, 0.1) is 8.95 Å². The Balaban J connectivity index is 1.99. The number of nitrogens with one attached hydrogen (secondary N) is 1. The first-order chi connectivity index (χ1) is 9.97. The summed E-state index contributed by atoms with van der Waals surface area (Å²) in [5.74, 6) is 0.368. The molecule has 0 aliphatic carbocycles. The summed E-state index contributed by atoms with van der Waals surface area (Å²) in [7, 11) is 0. The highest BCUT2D eigenvalue weighted by Crippen LogP contribution is 2.32. The van der Waals surface area contributed by atoms with E-state index in [-0.39, 0.29) is 12.5 Å². The maximum Gasteiger partial charge on any atom is 0.262 e. The van der Waals surface area contributed by atoms with E-state index in [2.05, 4.69) is 37.2 Å². The van der Waals surface area contributed by atoms with Crippen LogP contribution in [-0.2, 0) is 4.79 Å². The molecule has 0 saturated heterocycles. The fourth-order valence-electron chi connectivity index (χ4n) is 1.77. The van der Waals surface area contributed by atoms with Gasteiger partial charge in [0.1, 0.15) is 5.75 Å². The molecule has 0 aromatic heterocycles. The van der Waals surface area contributed by atoms with Crippen LogP contribution in [-0.4, -0.2) is 12.5 Å². The molecule has 4 nitrogen and oxygen atoms in total. The van der Waals surface area contributed by atoms with Crippen molar-refractivity contribution in [3.63, 3.8) is 0 Å². The van der Waals surface area contributed by atoms with Crippen molar-refractivity contribution in [1.29, 1.82) is 0 Å². The van der Waals surface area contributed by atoms with E-state index >= 15 is 0 Å². The van der Waals surface area contributed by atoms with Crippen LogP contribution in [0.15, 0.2) is 45.3 Å². The molecule has 0 radical (unpaired) electrons. The van der Waals surface area contributed by atoms with E-state index < -0.39 is 0 Å². The van der Waals surface area contributed by atoms with Crippen molar-refractivity contribution >= 4 is 49.1 Å². The summed E-state index contributed by atoms with van der Waals surface area (Å²) in [4.78, 5) is 11.9. The normalized spacial score (nSPS) is 10.2. The lowest BCUT2D eigenvalue weighted by Crippen LogP contribution is -2.21. The summed E-state index contributed by atoms with van der Waals surface area (Å²) in [6.07, 6.45) is 0. The predicted molar refractivity (Wildman–Crippen MR) is 91.6 cm³/mol. The summed E-state index contributed by atoms with van der Waals surface area (Å²) in [5, 5.41) is 2.80. The number of hydrogen-bond acceptors (Lipinski definition) is 3. The quantitative estimate of drug-likeness (QED) is 0.741. The summed E-state index contributed by atoms with van der Waals surface area (Å²) in [6, 6.07) is 10.9. The maximum atomic E-state index is 11.9. The topological polar surface area (TPSA) is 64.3 Å². The van der Waals surface area contributed by atoms with Gasteiger partial charge in [-0.2, -0.15) is 0 Å². The second-order valence-corrected chi connectivity index (χ2v) is 6.17. The monoisotopic (exact) mass is 412 g/mol. The number of anilines is 2. The summed E-state index contributed by atoms with van der Waals surface area (Å²) in [6.45, 7) is 1.81. The van der Waals surface area contributed by atoms with Crippen LogP contribution in [0.4, 0.5) is 11.4 Å². The van der Waals surface area contributed by atoms with Gasteiger partial charge in [-0.1, -0.05) is 6.07 Å². The van der Waals surface area contributed by atoms with Crippen molar-refractivity contribution in [3.05, 3.63) is 50.9 Å². The van der Waals surface area contributed by atoms with Crippen molar-refractivity contribution in [2.75, 3.05) is 17.7 Å². The van der Waals surface area contributed by atoms with Crippen molar-refractivity contribution in [2.24, 2.45) is 0 Å². The molecule has 1 amide bonds. The van der Waals surface area contributed by atoms with E-state index in [1.165, 1.54) is 0 Å². The Morgan fingerprint density at radius 2 is 1.90 bits per heavy atom. The first kappa shape index (κ1) is 15.9. The average Bonchev–Trinajstić information content (AvgIpc) is 2.41. The Labute approximate surface area is 139 Å². The highest BCUT2D eigenvalue weighted by atomic mass is 79.9. The Morgan fingerprint density at radius 1 is 1.24 bits per heavy atom. The Bertz CT molecular complexity index is 654. The zero-order valence-corrected chi connectivity index (χ0v) is 14.5. The summed E-state index contributed by atoms with van der Waals surface area (Å²) < 4.78 is 7.11. The number of hydrogen-bond donors (Lipinski definition) is 2. The molecule has 2 aromatic rings. The number of aryl methyl sites for hydroxylation is 1. The van der Waals surface area contributed by atoms with Crippen LogP contribution < -0.4 is 15.8 Å². The van der Waals surface area contributed by atoms with Crippen molar-refractivity contribution in [2.45, 2.75) is 6.92 Å². The van der Waals surface area contributed by atoms with Gasteiger partial charge in [-0.25, -0.2) is 0 Å². The van der Waals surface area contributed by atoms with Gasteiger partial charge >= 0.3 is 0 Å². The predicted octanol–water partition coefficient (Wildman–Crippen LogP) is 4.12. The van der Waals surface area contributed by atoms with Crippen LogP contribution >= 0.6 is 31.9 Å². The van der Waals surface area contributed by atoms with Gasteiger partial charge in [0.2, 0.25) is 0 Å². The molecule has 0 unspecified atom stereocenters. The minimum Gasteiger partial charge on any atom is -0.481 e. The lowest BCUT2D eigenvalue weighted by molar-refractivity contribution is -0.118. The number of ether oxygens (including phenoxy) is 1. The van der Waals surface area contributed by atoms with Crippen LogP contribution in [0.3, 0.4) is 0 Å². The number of carbonyl (C=O) groups excluding carboxylic acids is 1. The second-order valence-electron chi connectivity index (χ2n) is 4.46. The highest BCUT2D eigenvalue weighted by Gasteiger charge is 2.10. The number of para-hydroxylation sites is 1. The van der Waals surface area contributed by atoms with Crippen LogP contribution in [0.25, 0.3) is 0 Å². The van der Waals surface area contributed by atoms with Crippen LogP contribution in [0.1, 0.15) is 5.56 Å². The molecule has 0 aliphatic rings. The molecule has 0 aliphatic heterocycles. The number of nitrogens with two attached hydrogens (primary N) is 1. The Morgan fingerprint density at radius 3 is 2.52 bits per heavy atom. The van der Waals surface area contributed by atoms with Gasteiger partial charge in [0, 0.05) is 11.4 Å². The third-order valence-electron chi connectivity index (χ3n) is 2.79. The van der Waals surface area contributed by atoms with Crippen LogP contribution in [0.2, 0.25) is 0 Å². The van der Waals surface area contributed by atoms with Gasteiger partial charge in [0.25, 0.3) is 5.91 Å². The lowest BCUT2D eigenvalue weighted by Gasteiger charge is -2.12. The standard InChI is InChI=1S/C15H14Br2N2O2/c1-9-7-10(18)5-6-13(9)19-14(20)8-21-15-11(16)3-2-4-12(15)17/h2-7H,8,18H2,1H3,(H,19,20). The van der Waals surface area contributed by atoms with E-state index in [0.29, 0.717) is 11.4 Å². The minimum absolute atomic E-state index is 0.0783. The molecule has 0 heterocycles. The van der Waals surface area contributed by atoms with E-state index in [0.717, 1.165) is 20.2 Å². The summed E-state index contributed by atoms with van der Waals surface area (Å²) >= 11 is 6.77. The first-order valence-electron chi connectivity index (χ1n) is 6.20. The largest absolute Gasteiger partial charge is 0.481 e. The van der Waals surface area contributed by atoms with Gasteiger partial charge in [-0.3, -0.25) is 4.79 Å². The molecule has 110 valence electrons. The molecule has 0 spiro atoms. The molecule has 21 heavy (non-hydrogen) atoms. The second kappa shape index (κ2) is 6.95. The molecule has 0 bridgehead atoms. The first-order valence-corrected chi connectivity index (χ1v) is 7.79. The van der Waals surface area contributed by atoms with E-state index in [1.807, 2.05) is 25.1 Å². The fraction of sp³-hybridized carbons (Fsp3) is 0.133. The average molecular weight is 414 g/mol. The third kappa shape index (κ3) is 4.22. The van der Waals surface area contributed by atoms with Crippen molar-refractivity contribution in [1.82, 2.24) is 0 Å². The number of rotatable bonds is 4. The van der Waals surface area contributed by atoms with Gasteiger partial charge in [-0.05, 0) is 74.7 Å². The third-order valence-corrected chi connectivity index (χ3v) is 4.04. The SMILES string of the molecule is Cc1cc(N)ccc1NC(=O)COc1c(Br)cccc1Br. The van der Waals surface area contributed by atoms with E-state index in [1.54, 1.807) is 18.2 Å². The molecule has 0 saturated carbocycles. The number of carbonyl (C=O) groups is 1. The van der Waals surface area contributed by atoms with Crippen molar-refractivity contribution < 1.29 is 9.53 Å². The van der Waals surface area contributed by atoms with Gasteiger partial charge < -0.3 is 15.8 Å². The lowest BCUT2D eigenvalue weighted by atomic mass is 10.2. The minimum atomic E-state index is -0.231. The molecular weight excluding hydrogens is 400 g/mol. The zero-order valence-electron chi connectivity index (χ0n) is 11.3.